The van der Waals surface area contributed by atoms with Crippen LogP contribution in [-0.4, -0.2) is 46.9 Å². The lowest BCUT2D eigenvalue weighted by Crippen LogP contribution is -2.46. The molecule has 0 heterocycles. The topological polar surface area (TPSA) is 95.9 Å². The van der Waals surface area contributed by atoms with Crippen molar-refractivity contribution in [3.8, 4) is 0 Å². The molecule has 3 unspecified atom stereocenters. The molecule has 0 spiro atoms. The summed E-state index contributed by atoms with van der Waals surface area (Å²) in [5.41, 5.74) is 0. The van der Waals surface area contributed by atoms with Crippen LogP contribution in [0.3, 0.4) is 0 Å². The molecule has 6 nitrogen and oxygen atoms in total. The average Bonchev–Trinajstić information content (AvgIpc) is 3.31. The van der Waals surface area contributed by atoms with Crippen molar-refractivity contribution in [3.05, 3.63) is 60.8 Å². The van der Waals surface area contributed by atoms with Gasteiger partial charge in [0.25, 0.3) is 0 Å². The number of aliphatic hydroxyl groups is 2. The first-order chi connectivity index (χ1) is 32.5. The molecule has 3 N–H and O–H groups in total. The Kier molecular flexibility index (Phi) is 51.5. The van der Waals surface area contributed by atoms with Gasteiger partial charge in [-0.2, -0.15) is 0 Å². The molecule has 0 fully saturated rings. The lowest BCUT2D eigenvalue weighted by atomic mass is 10.0. The number of carbonyl (C=O) groups is 2. The fraction of sp³-hybridized carbons (Fsp3) is 0.800. The largest absolute Gasteiger partial charge is 0.462 e. The van der Waals surface area contributed by atoms with Crippen LogP contribution in [0.4, 0.5) is 0 Å². The molecule has 0 aromatic rings. The molecule has 0 saturated heterocycles. The molecule has 1 amide bonds. The molecule has 384 valence electrons. The Labute approximate surface area is 409 Å². The first-order valence-electron chi connectivity index (χ1n) is 28.5. The third-order valence-corrected chi connectivity index (χ3v) is 12.8. The number of hydrogen-bond acceptors (Lipinski definition) is 5. The molecule has 0 aliphatic heterocycles. The van der Waals surface area contributed by atoms with Gasteiger partial charge in [-0.3, -0.25) is 9.59 Å². The van der Waals surface area contributed by atoms with E-state index in [1.165, 1.54) is 141 Å². The van der Waals surface area contributed by atoms with Crippen molar-refractivity contribution in [1.29, 1.82) is 0 Å². The van der Waals surface area contributed by atoms with Crippen LogP contribution in [-0.2, 0) is 14.3 Å². The van der Waals surface area contributed by atoms with Crippen molar-refractivity contribution >= 4 is 11.9 Å². The predicted octanol–water partition coefficient (Wildman–Crippen LogP) is 17.6. The number of hydrogen-bond donors (Lipinski definition) is 3. The van der Waals surface area contributed by atoms with Crippen molar-refractivity contribution in [3.63, 3.8) is 0 Å². The second-order valence-electron chi connectivity index (χ2n) is 19.3. The first-order valence-corrected chi connectivity index (χ1v) is 28.5. The van der Waals surface area contributed by atoms with Crippen LogP contribution in [0.5, 0.6) is 0 Å². The normalized spacial score (nSPS) is 13.6. The number of unbranched alkanes of at least 4 members (excludes halogenated alkanes) is 29. The molecule has 0 aliphatic rings. The summed E-state index contributed by atoms with van der Waals surface area (Å²) < 4.78 is 5.94. The highest BCUT2D eigenvalue weighted by Gasteiger charge is 2.24. The minimum absolute atomic E-state index is 0.0538. The Morgan fingerprint density at radius 1 is 0.439 bits per heavy atom. The van der Waals surface area contributed by atoms with Crippen LogP contribution in [0.1, 0.15) is 284 Å². The summed E-state index contributed by atoms with van der Waals surface area (Å²) in [5, 5.41) is 23.8. The van der Waals surface area contributed by atoms with E-state index in [-0.39, 0.29) is 24.9 Å². The van der Waals surface area contributed by atoms with Gasteiger partial charge in [0.15, 0.2) is 0 Å². The molecule has 0 aromatic carbocycles. The maximum Gasteiger partial charge on any atom is 0.306 e. The third kappa shape index (κ3) is 48.0. The maximum atomic E-state index is 13.2. The highest BCUT2D eigenvalue weighted by molar-refractivity contribution is 5.77. The number of carbonyl (C=O) groups excluding carboxylic acids is 2. The van der Waals surface area contributed by atoms with Crippen LogP contribution in [0.25, 0.3) is 0 Å². The molecule has 0 rings (SSSR count). The van der Waals surface area contributed by atoms with E-state index in [0.29, 0.717) is 19.3 Å². The van der Waals surface area contributed by atoms with Crippen LogP contribution >= 0.6 is 0 Å². The molecule has 0 aromatic heterocycles. The second kappa shape index (κ2) is 53.5. The van der Waals surface area contributed by atoms with Crippen LogP contribution in [0.15, 0.2) is 60.8 Å². The third-order valence-electron chi connectivity index (χ3n) is 12.8. The summed E-state index contributed by atoms with van der Waals surface area (Å²) in [6.07, 6.45) is 67.1. The van der Waals surface area contributed by atoms with Crippen LogP contribution in [0, 0.1) is 0 Å². The van der Waals surface area contributed by atoms with Gasteiger partial charge in [0.2, 0.25) is 5.91 Å². The smallest absolute Gasteiger partial charge is 0.306 e. The van der Waals surface area contributed by atoms with Crippen LogP contribution < -0.4 is 5.32 Å². The minimum Gasteiger partial charge on any atom is -0.462 e. The van der Waals surface area contributed by atoms with E-state index in [0.717, 1.165) is 96.3 Å². The van der Waals surface area contributed by atoms with Gasteiger partial charge in [0, 0.05) is 6.42 Å². The SMILES string of the molecule is CCCCC/C=C\C/C=C\C/C=C\C/C=C\CCCCCC(=O)OC(CCCCC/C=C/CCCCCCCCCCC)CC(=O)NC(CO)C(O)CCCCCCCCCCCCCC. The molecular weight excluding hydrogens is 815 g/mol. The number of allylic oxidation sites excluding steroid dienone is 10. The Morgan fingerprint density at radius 2 is 0.773 bits per heavy atom. The summed E-state index contributed by atoms with van der Waals surface area (Å²) in [5.74, 6) is -0.519. The fourth-order valence-electron chi connectivity index (χ4n) is 8.47. The van der Waals surface area contributed by atoms with Gasteiger partial charge in [0.1, 0.15) is 6.10 Å². The van der Waals surface area contributed by atoms with Gasteiger partial charge in [-0.1, -0.05) is 236 Å². The molecule has 0 saturated carbocycles. The molecular formula is C60H109NO5. The zero-order chi connectivity index (χ0) is 48.1. The average molecular weight is 925 g/mol. The van der Waals surface area contributed by atoms with Gasteiger partial charge in [-0.15, -0.1) is 0 Å². The van der Waals surface area contributed by atoms with Crippen molar-refractivity contribution in [2.45, 2.75) is 302 Å². The van der Waals surface area contributed by atoms with Crippen LogP contribution in [0.2, 0.25) is 0 Å². The molecule has 66 heavy (non-hydrogen) atoms. The summed E-state index contributed by atoms with van der Waals surface area (Å²) in [4.78, 5) is 26.2. The quantitative estimate of drug-likeness (QED) is 0.0321. The standard InChI is InChI=1S/C60H109NO5/c1-4-7-10-13-16-19-22-25-27-29-30-31-33-35-38-41-44-47-50-53-60(65)66-56(51-48-45-42-39-36-34-32-28-26-23-20-17-14-11-8-5-2)54-59(64)61-57(55-62)58(63)52-49-46-43-40-37-24-21-18-15-12-9-6-3/h16,19,25,27,30-31,34-36,38,56-58,62-63H,4-15,17-18,20-24,26,28-29,32-33,37,39-55H2,1-3H3,(H,61,64)/b19-16-,27-25-,31-30-,36-34+,38-35-. The predicted molar refractivity (Wildman–Crippen MR) is 287 cm³/mol. The highest BCUT2D eigenvalue weighted by atomic mass is 16.5. The minimum atomic E-state index is -0.799. The number of ether oxygens (including phenoxy) is 1. The number of aliphatic hydroxyl groups excluding tert-OH is 2. The maximum absolute atomic E-state index is 13.2. The summed E-state index contributed by atoms with van der Waals surface area (Å²) >= 11 is 0. The molecule has 0 bridgehead atoms. The van der Waals surface area contributed by atoms with Gasteiger partial charge in [0.05, 0.1) is 25.2 Å². The van der Waals surface area contributed by atoms with Crippen molar-refractivity contribution in [2.24, 2.45) is 0 Å². The lowest BCUT2D eigenvalue weighted by Gasteiger charge is -2.24. The van der Waals surface area contributed by atoms with E-state index in [9.17, 15) is 19.8 Å². The lowest BCUT2D eigenvalue weighted by molar-refractivity contribution is -0.151. The van der Waals surface area contributed by atoms with E-state index in [1.54, 1.807) is 0 Å². The molecule has 0 radical (unpaired) electrons. The second-order valence-corrected chi connectivity index (χ2v) is 19.3. The number of nitrogens with one attached hydrogen (secondary N) is 1. The fourth-order valence-corrected chi connectivity index (χ4v) is 8.47. The summed E-state index contributed by atoms with van der Waals surface area (Å²) in [6.45, 7) is 6.46. The summed E-state index contributed by atoms with van der Waals surface area (Å²) in [6, 6.07) is -0.714. The van der Waals surface area contributed by atoms with Gasteiger partial charge < -0.3 is 20.3 Å². The first kappa shape index (κ1) is 63.6. The number of amides is 1. The highest BCUT2D eigenvalue weighted by Crippen LogP contribution is 2.17. The molecule has 6 heteroatoms. The number of esters is 1. The molecule has 3 atom stereocenters. The monoisotopic (exact) mass is 924 g/mol. The van der Waals surface area contributed by atoms with E-state index in [4.69, 9.17) is 4.74 Å². The van der Waals surface area contributed by atoms with E-state index >= 15 is 0 Å². The Hall–Kier alpha value is -2.44. The molecule has 0 aliphatic carbocycles. The zero-order valence-corrected chi connectivity index (χ0v) is 43.8. The zero-order valence-electron chi connectivity index (χ0n) is 43.8. The van der Waals surface area contributed by atoms with Gasteiger partial charge >= 0.3 is 5.97 Å². The van der Waals surface area contributed by atoms with Crippen molar-refractivity contribution in [1.82, 2.24) is 5.32 Å². The van der Waals surface area contributed by atoms with Crippen molar-refractivity contribution < 1.29 is 24.5 Å². The van der Waals surface area contributed by atoms with Gasteiger partial charge in [-0.25, -0.2) is 0 Å². The van der Waals surface area contributed by atoms with E-state index in [2.05, 4.69) is 86.8 Å². The van der Waals surface area contributed by atoms with E-state index < -0.39 is 18.2 Å². The number of rotatable bonds is 51. The summed E-state index contributed by atoms with van der Waals surface area (Å²) in [7, 11) is 0. The van der Waals surface area contributed by atoms with Crippen molar-refractivity contribution in [2.75, 3.05) is 6.61 Å². The van der Waals surface area contributed by atoms with Gasteiger partial charge in [-0.05, 0) is 96.3 Å². The van der Waals surface area contributed by atoms with E-state index in [1.807, 2.05) is 0 Å². The Bertz CT molecular complexity index is 1170. The Morgan fingerprint density at radius 3 is 1.23 bits per heavy atom. The Balaban J connectivity index is 4.65.